The van der Waals surface area contributed by atoms with E-state index in [1.165, 1.54) is 0 Å². The maximum absolute atomic E-state index is 5.84. The largest absolute Gasteiger partial charge is 0.379 e. The van der Waals surface area contributed by atoms with Crippen molar-refractivity contribution >= 4 is 5.96 Å². The molecule has 0 spiro atoms. The zero-order valence-corrected chi connectivity index (χ0v) is 13.3. The molecule has 20 heavy (non-hydrogen) atoms. The van der Waals surface area contributed by atoms with Crippen LogP contribution in [0.4, 0.5) is 0 Å². The molecule has 3 N–H and O–H groups in total. The molecule has 0 unspecified atom stereocenters. The molecule has 118 valence electrons. The second-order valence-corrected chi connectivity index (χ2v) is 5.58. The van der Waals surface area contributed by atoms with Crippen LogP contribution in [0, 0.1) is 0 Å². The summed E-state index contributed by atoms with van der Waals surface area (Å²) >= 11 is 0. The summed E-state index contributed by atoms with van der Waals surface area (Å²) in [6.07, 6.45) is 1.05. The monoisotopic (exact) mass is 285 g/mol. The van der Waals surface area contributed by atoms with Gasteiger partial charge >= 0.3 is 0 Å². The van der Waals surface area contributed by atoms with Crippen molar-refractivity contribution in [2.24, 2.45) is 10.7 Å². The second-order valence-electron chi connectivity index (χ2n) is 5.58. The molecule has 0 atom stereocenters. The van der Waals surface area contributed by atoms with Gasteiger partial charge in [-0.25, -0.2) is 0 Å². The number of aliphatic imine (C=N–C) groups is 1. The van der Waals surface area contributed by atoms with E-state index in [1.54, 1.807) is 0 Å². The van der Waals surface area contributed by atoms with Gasteiger partial charge in [0, 0.05) is 45.3 Å². The molecular formula is C14H31N5O. The molecular weight excluding hydrogens is 254 g/mol. The number of likely N-dealkylation sites (N-methyl/N-ethyl adjacent to an activating group) is 1. The minimum Gasteiger partial charge on any atom is -0.379 e. The summed E-state index contributed by atoms with van der Waals surface area (Å²) in [6.45, 7) is 11.8. The fraction of sp³-hybridized carbons (Fsp3) is 0.929. The molecule has 1 fully saturated rings. The highest BCUT2D eigenvalue weighted by molar-refractivity contribution is 5.77. The molecule has 0 aliphatic carbocycles. The van der Waals surface area contributed by atoms with E-state index in [0.29, 0.717) is 12.0 Å². The number of nitrogens with zero attached hydrogens (tertiary/aromatic N) is 3. The number of nitrogens with one attached hydrogen (secondary N) is 1. The van der Waals surface area contributed by atoms with Crippen LogP contribution in [-0.2, 0) is 4.74 Å². The number of rotatable bonds is 8. The summed E-state index contributed by atoms with van der Waals surface area (Å²) in [5, 5.41) is 3.16. The first kappa shape index (κ1) is 17.2. The molecule has 1 aliphatic rings. The first-order valence-electron chi connectivity index (χ1n) is 7.63. The average Bonchev–Trinajstić information content (AvgIpc) is 2.44. The van der Waals surface area contributed by atoms with Crippen LogP contribution in [0.1, 0.15) is 20.3 Å². The molecule has 0 radical (unpaired) electrons. The second kappa shape index (κ2) is 9.96. The number of nitrogens with two attached hydrogens (primary N) is 1. The van der Waals surface area contributed by atoms with Crippen LogP contribution in [0.2, 0.25) is 0 Å². The summed E-state index contributed by atoms with van der Waals surface area (Å²) in [4.78, 5) is 9.05. The lowest BCUT2D eigenvalue weighted by Crippen LogP contribution is -2.39. The van der Waals surface area contributed by atoms with Gasteiger partial charge in [0.25, 0.3) is 0 Å². The van der Waals surface area contributed by atoms with Gasteiger partial charge in [0.2, 0.25) is 0 Å². The SMILES string of the molecule is CC(C)N(C)CCNC(N)=NCCCN1CCOCC1. The lowest BCUT2D eigenvalue weighted by molar-refractivity contribution is 0.0377. The van der Waals surface area contributed by atoms with Gasteiger partial charge < -0.3 is 20.7 Å². The maximum Gasteiger partial charge on any atom is 0.188 e. The van der Waals surface area contributed by atoms with Crippen molar-refractivity contribution in [1.82, 2.24) is 15.1 Å². The van der Waals surface area contributed by atoms with Crippen molar-refractivity contribution in [1.29, 1.82) is 0 Å². The van der Waals surface area contributed by atoms with Crippen LogP contribution < -0.4 is 11.1 Å². The summed E-state index contributed by atoms with van der Waals surface area (Å²) < 4.78 is 5.32. The molecule has 0 aromatic rings. The fourth-order valence-electron chi connectivity index (χ4n) is 1.99. The maximum atomic E-state index is 5.84. The van der Waals surface area contributed by atoms with Crippen molar-refractivity contribution in [3.05, 3.63) is 0 Å². The highest BCUT2D eigenvalue weighted by Gasteiger charge is 2.08. The van der Waals surface area contributed by atoms with Gasteiger partial charge in [-0.2, -0.15) is 0 Å². The topological polar surface area (TPSA) is 66.1 Å². The van der Waals surface area contributed by atoms with Crippen LogP contribution in [0.15, 0.2) is 4.99 Å². The Hall–Kier alpha value is -0.850. The van der Waals surface area contributed by atoms with E-state index in [2.05, 4.69) is 41.0 Å². The Kier molecular flexibility index (Phi) is 8.57. The third-order valence-corrected chi connectivity index (χ3v) is 3.67. The molecule has 0 amide bonds. The van der Waals surface area contributed by atoms with Gasteiger partial charge in [0.1, 0.15) is 0 Å². The molecule has 1 rings (SSSR count). The minimum absolute atomic E-state index is 0.559. The molecule has 0 aromatic heterocycles. The zero-order chi connectivity index (χ0) is 14.8. The molecule has 6 heteroatoms. The fourth-order valence-corrected chi connectivity index (χ4v) is 1.99. The number of hydrogen-bond donors (Lipinski definition) is 2. The van der Waals surface area contributed by atoms with Gasteiger partial charge in [0.15, 0.2) is 5.96 Å². The lowest BCUT2D eigenvalue weighted by Gasteiger charge is -2.26. The Labute approximate surface area is 123 Å². The van der Waals surface area contributed by atoms with E-state index in [4.69, 9.17) is 10.5 Å². The summed E-state index contributed by atoms with van der Waals surface area (Å²) in [7, 11) is 2.11. The summed E-state index contributed by atoms with van der Waals surface area (Å²) in [5.74, 6) is 0.559. The van der Waals surface area contributed by atoms with Crippen LogP contribution in [0.25, 0.3) is 0 Å². The predicted molar refractivity (Wildman–Crippen MR) is 84.1 cm³/mol. The molecule has 0 bridgehead atoms. The first-order chi connectivity index (χ1) is 9.59. The quantitative estimate of drug-likeness (QED) is 0.372. The highest BCUT2D eigenvalue weighted by Crippen LogP contribution is 1.97. The Morgan fingerprint density at radius 3 is 2.75 bits per heavy atom. The van der Waals surface area contributed by atoms with E-state index < -0.39 is 0 Å². The van der Waals surface area contributed by atoms with Crippen molar-refractivity contribution in [2.45, 2.75) is 26.3 Å². The number of morpholine rings is 1. The Balaban J connectivity index is 2.03. The van der Waals surface area contributed by atoms with Crippen LogP contribution in [0.3, 0.4) is 0 Å². The van der Waals surface area contributed by atoms with Crippen LogP contribution in [-0.4, -0.2) is 81.3 Å². The molecule has 1 heterocycles. The number of hydrogen-bond acceptors (Lipinski definition) is 4. The summed E-state index contributed by atoms with van der Waals surface area (Å²) in [6, 6.07) is 0.559. The van der Waals surface area contributed by atoms with Gasteiger partial charge in [-0.15, -0.1) is 0 Å². The van der Waals surface area contributed by atoms with Crippen LogP contribution in [0.5, 0.6) is 0 Å². The van der Waals surface area contributed by atoms with Crippen molar-refractivity contribution in [3.63, 3.8) is 0 Å². The van der Waals surface area contributed by atoms with Gasteiger partial charge in [-0.05, 0) is 27.3 Å². The van der Waals surface area contributed by atoms with E-state index >= 15 is 0 Å². The summed E-state index contributed by atoms with van der Waals surface area (Å²) in [5.41, 5.74) is 5.84. The highest BCUT2D eigenvalue weighted by atomic mass is 16.5. The standard InChI is InChI=1S/C14H31N5O/c1-13(2)18(3)8-6-17-14(15)16-5-4-7-19-9-11-20-12-10-19/h13H,4-12H2,1-3H3,(H3,15,16,17). The van der Waals surface area contributed by atoms with Gasteiger partial charge in [0.05, 0.1) is 13.2 Å². The smallest absolute Gasteiger partial charge is 0.188 e. The zero-order valence-electron chi connectivity index (χ0n) is 13.3. The van der Waals surface area contributed by atoms with E-state index in [9.17, 15) is 0 Å². The molecule has 1 saturated heterocycles. The van der Waals surface area contributed by atoms with E-state index in [-0.39, 0.29) is 0 Å². The average molecular weight is 285 g/mol. The normalized spacial score (nSPS) is 17.9. The van der Waals surface area contributed by atoms with Crippen molar-refractivity contribution < 1.29 is 4.74 Å². The molecule has 1 aliphatic heterocycles. The van der Waals surface area contributed by atoms with E-state index in [1.807, 2.05) is 0 Å². The third kappa shape index (κ3) is 7.67. The minimum atomic E-state index is 0.559. The molecule has 0 aromatic carbocycles. The first-order valence-corrected chi connectivity index (χ1v) is 7.63. The molecule has 0 saturated carbocycles. The Morgan fingerprint density at radius 2 is 2.10 bits per heavy atom. The molecule has 6 nitrogen and oxygen atoms in total. The van der Waals surface area contributed by atoms with Gasteiger partial charge in [-0.1, -0.05) is 0 Å². The third-order valence-electron chi connectivity index (χ3n) is 3.67. The lowest BCUT2D eigenvalue weighted by atomic mass is 10.3. The van der Waals surface area contributed by atoms with Crippen LogP contribution >= 0.6 is 0 Å². The number of ether oxygens (including phenoxy) is 1. The van der Waals surface area contributed by atoms with E-state index in [0.717, 1.165) is 58.9 Å². The van der Waals surface area contributed by atoms with Crippen molar-refractivity contribution in [2.75, 3.05) is 59.5 Å². The van der Waals surface area contributed by atoms with Crippen molar-refractivity contribution in [3.8, 4) is 0 Å². The Morgan fingerprint density at radius 1 is 1.40 bits per heavy atom. The van der Waals surface area contributed by atoms with Gasteiger partial charge in [-0.3, -0.25) is 9.89 Å². The Bertz CT molecular complexity index is 277. The predicted octanol–water partition coefficient (Wildman–Crippen LogP) is -0.0468. The number of guanidine groups is 1.